The zero-order valence-corrected chi connectivity index (χ0v) is 8.28. The molecule has 13 heavy (non-hydrogen) atoms. The molecule has 0 bridgehead atoms. The fourth-order valence-corrected chi connectivity index (χ4v) is 4.43. The number of hydrogen-bond donors (Lipinski definition) is 1. The molecule has 0 radical (unpaired) electrons. The number of aliphatic hydroxyl groups is 1. The van der Waals surface area contributed by atoms with Gasteiger partial charge in [0.25, 0.3) is 0 Å². The summed E-state index contributed by atoms with van der Waals surface area (Å²) in [6, 6.07) is 0. The van der Waals surface area contributed by atoms with E-state index in [1.807, 2.05) is 0 Å². The molecule has 1 nitrogen and oxygen atoms in total. The molecule has 3 aliphatic rings. The second-order valence-electron chi connectivity index (χ2n) is 5.42. The van der Waals surface area contributed by atoms with Crippen molar-refractivity contribution in [1.82, 2.24) is 0 Å². The van der Waals surface area contributed by atoms with E-state index in [9.17, 15) is 5.11 Å². The quantitative estimate of drug-likeness (QED) is 0.607. The lowest BCUT2D eigenvalue weighted by Crippen LogP contribution is -2.38. The minimum atomic E-state index is 0.0619. The molecule has 3 fully saturated rings. The lowest BCUT2D eigenvalue weighted by Gasteiger charge is -2.39. The van der Waals surface area contributed by atoms with Crippen LogP contribution in [0.5, 0.6) is 0 Å². The molecule has 4 unspecified atom stereocenters. The van der Waals surface area contributed by atoms with Gasteiger partial charge in [-0.05, 0) is 49.4 Å². The molecule has 0 saturated heterocycles. The number of fused-ring (bicyclic) bond motifs is 3. The minimum absolute atomic E-state index is 0.0619. The highest BCUT2D eigenvalue weighted by molar-refractivity contribution is 4.97. The van der Waals surface area contributed by atoms with Crippen molar-refractivity contribution in [3.63, 3.8) is 0 Å². The smallest absolute Gasteiger partial charge is 0.0573 e. The van der Waals surface area contributed by atoms with Gasteiger partial charge in [-0.3, -0.25) is 0 Å². The van der Waals surface area contributed by atoms with Crippen LogP contribution in [0.3, 0.4) is 0 Å². The first-order valence-electron chi connectivity index (χ1n) is 6.04. The predicted octanol–water partition coefficient (Wildman–Crippen LogP) is 2.58. The highest BCUT2D eigenvalue weighted by atomic mass is 16.3. The highest BCUT2D eigenvalue weighted by Gasteiger charge is 2.47. The first-order chi connectivity index (χ1) is 6.36. The molecule has 0 amide bonds. The van der Waals surface area contributed by atoms with E-state index in [1.165, 1.54) is 38.5 Å². The van der Waals surface area contributed by atoms with Crippen LogP contribution in [0.2, 0.25) is 0 Å². The summed E-state index contributed by atoms with van der Waals surface area (Å²) < 4.78 is 0. The summed E-state index contributed by atoms with van der Waals surface area (Å²) in [4.78, 5) is 0. The van der Waals surface area contributed by atoms with Gasteiger partial charge in [-0.1, -0.05) is 19.3 Å². The first-order valence-corrected chi connectivity index (χ1v) is 6.04. The van der Waals surface area contributed by atoms with Gasteiger partial charge >= 0.3 is 0 Å². The van der Waals surface area contributed by atoms with Gasteiger partial charge in [0.15, 0.2) is 0 Å². The Morgan fingerprint density at radius 1 is 0.769 bits per heavy atom. The molecule has 0 spiro atoms. The van der Waals surface area contributed by atoms with Crippen LogP contribution in [0.15, 0.2) is 0 Å². The Morgan fingerprint density at radius 3 is 2.38 bits per heavy atom. The van der Waals surface area contributed by atoms with Crippen molar-refractivity contribution in [3.05, 3.63) is 0 Å². The SMILES string of the molecule is O[C@H]1CC2CCCC2C2CCCC21. The summed E-state index contributed by atoms with van der Waals surface area (Å²) in [7, 11) is 0. The Balaban J connectivity index is 1.84. The summed E-state index contributed by atoms with van der Waals surface area (Å²) in [5.41, 5.74) is 0. The Bertz CT molecular complexity index is 201. The molecule has 3 aliphatic carbocycles. The average Bonchev–Trinajstić information content (AvgIpc) is 2.66. The van der Waals surface area contributed by atoms with Crippen molar-refractivity contribution < 1.29 is 5.11 Å². The van der Waals surface area contributed by atoms with E-state index in [0.717, 1.165) is 24.2 Å². The fourth-order valence-electron chi connectivity index (χ4n) is 4.43. The molecule has 5 atom stereocenters. The summed E-state index contributed by atoms with van der Waals surface area (Å²) in [5.74, 6) is 3.51. The van der Waals surface area contributed by atoms with E-state index < -0.39 is 0 Å². The van der Waals surface area contributed by atoms with Gasteiger partial charge in [0, 0.05) is 0 Å². The second kappa shape index (κ2) is 2.98. The molecule has 0 aromatic carbocycles. The molecular formula is C12H20O. The van der Waals surface area contributed by atoms with E-state index in [4.69, 9.17) is 0 Å². The van der Waals surface area contributed by atoms with Crippen LogP contribution >= 0.6 is 0 Å². The van der Waals surface area contributed by atoms with Crippen molar-refractivity contribution in [2.24, 2.45) is 23.7 Å². The average molecular weight is 180 g/mol. The maximum absolute atomic E-state index is 10.0. The fraction of sp³-hybridized carbons (Fsp3) is 1.00. The van der Waals surface area contributed by atoms with Crippen molar-refractivity contribution in [3.8, 4) is 0 Å². The first kappa shape index (κ1) is 8.28. The Labute approximate surface area is 80.5 Å². The number of rotatable bonds is 0. The Kier molecular flexibility index (Phi) is 1.90. The monoisotopic (exact) mass is 180 g/mol. The Morgan fingerprint density at radius 2 is 1.46 bits per heavy atom. The van der Waals surface area contributed by atoms with Gasteiger partial charge < -0.3 is 5.11 Å². The lowest BCUT2D eigenvalue weighted by molar-refractivity contribution is -0.00595. The minimum Gasteiger partial charge on any atom is -0.393 e. The molecule has 0 aromatic rings. The molecule has 3 saturated carbocycles. The van der Waals surface area contributed by atoms with Gasteiger partial charge in [0.2, 0.25) is 0 Å². The van der Waals surface area contributed by atoms with Gasteiger partial charge in [0.05, 0.1) is 6.10 Å². The van der Waals surface area contributed by atoms with Gasteiger partial charge in [-0.15, -0.1) is 0 Å². The van der Waals surface area contributed by atoms with Crippen LogP contribution in [0.1, 0.15) is 44.9 Å². The zero-order chi connectivity index (χ0) is 8.84. The third kappa shape index (κ3) is 1.16. The summed E-state index contributed by atoms with van der Waals surface area (Å²) >= 11 is 0. The number of aliphatic hydroxyl groups excluding tert-OH is 1. The number of hydrogen-bond acceptors (Lipinski definition) is 1. The van der Waals surface area contributed by atoms with Gasteiger partial charge in [-0.2, -0.15) is 0 Å². The molecular weight excluding hydrogens is 160 g/mol. The van der Waals surface area contributed by atoms with Crippen LogP contribution in [-0.2, 0) is 0 Å². The molecule has 0 aliphatic heterocycles. The molecule has 1 heteroatoms. The summed E-state index contributed by atoms with van der Waals surface area (Å²) in [6.45, 7) is 0. The van der Waals surface area contributed by atoms with Crippen molar-refractivity contribution in [1.29, 1.82) is 0 Å². The molecule has 0 aromatic heterocycles. The highest BCUT2D eigenvalue weighted by Crippen LogP contribution is 2.53. The standard InChI is InChI=1S/C12H20O/c13-12-7-8-3-1-4-9(8)10-5-2-6-11(10)12/h8-13H,1-7H2/t8?,9?,10?,11?,12-/m0/s1. The van der Waals surface area contributed by atoms with E-state index in [0.29, 0.717) is 5.92 Å². The van der Waals surface area contributed by atoms with Crippen LogP contribution in [0.25, 0.3) is 0 Å². The maximum Gasteiger partial charge on any atom is 0.0573 e. The van der Waals surface area contributed by atoms with Gasteiger partial charge in [0.1, 0.15) is 0 Å². The predicted molar refractivity (Wildman–Crippen MR) is 52.3 cm³/mol. The van der Waals surface area contributed by atoms with Crippen LogP contribution in [-0.4, -0.2) is 11.2 Å². The van der Waals surface area contributed by atoms with E-state index in [-0.39, 0.29) is 6.10 Å². The van der Waals surface area contributed by atoms with Crippen LogP contribution in [0.4, 0.5) is 0 Å². The van der Waals surface area contributed by atoms with Crippen molar-refractivity contribution in [2.45, 2.75) is 51.0 Å². The second-order valence-corrected chi connectivity index (χ2v) is 5.42. The summed E-state index contributed by atoms with van der Waals surface area (Å²) in [5, 5.41) is 10.0. The summed E-state index contributed by atoms with van der Waals surface area (Å²) in [6.07, 6.45) is 9.63. The third-order valence-electron chi connectivity index (χ3n) is 4.93. The normalized spacial score (nSPS) is 54.7. The lowest BCUT2D eigenvalue weighted by atomic mass is 9.68. The largest absolute Gasteiger partial charge is 0.393 e. The topological polar surface area (TPSA) is 20.2 Å². The van der Waals surface area contributed by atoms with Gasteiger partial charge in [-0.25, -0.2) is 0 Å². The molecule has 0 heterocycles. The van der Waals surface area contributed by atoms with E-state index >= 15 is 0 Å². The molecule has 3 rings (SSSR count). The van der Waals surface area contributed by atoms with E-state index in [2.05, 4.69) is 0 Å². The molecule has 74 valence electrons. The maximum atomic E-state index is 10.0. The third-order valence-corrected chi connectivity index (χ3v) is 4.93. The Hall–Kier alpha value is -0.0400. The zero-order valence-electron chi connectivity index (χ0n) is 8.28. The van der Waals surface area contributed by atoms with Crippen molar-refractivity contribution >= 4 is 0 Å². The van der Waals surface area contributed by atoms with Crippen LogP contribution < -0.4 is 0 Å². The molecule has 1 N–H and O–H groups in total. The van der Waals surface area contributed by atoms with Crippen molar-refractivity contribution in [2.75, 3.05) is 0 Å². The van der Waals surface area contributed by atoms with E-state index in [1.54, 1.807) is 0 Å². The van der Waals surface area contributed by atoms with Crippen LogP contribution in [0, 0.1) is 23.7 Å².